The van der Waals surface area contributed by atoms with Crippen molar-refractivity contribution in [3.63, 3.8) is 0 Å². The van der Waals surface area contributed by atoms with E-state index >= 15 is 0 Å². The number of ether oxygens (including phenoxy) is 1. The van der Waals surface area contributed by atoms with Crippen LogP contribution in [-0.2, 0) is 16.0 Å². The second-order valence-corrected chi connectivity index (χ2v) is 9.55. The number of dihydropyridines is 1. The van der Waals surface area contributed by atoms with Crippen molar-refractivity contribution >= 4 is 17.5 Å². The van der Waals surface area contributed by atoms with Gasteiger partial charge in [-0.1, -0.05) is 49.4 Å². The largest absolute Gasteiger partial charge is 0.497 e. The minimum absolute atomic E-state index is 0.0597. The van der Waals surface area contributed by atoms with Crippen molar-refractivity contribution < 1.29 is 14.3 Å². The number of carbonyl (C=O) groups excluding carboxylic acids is 2. The average Bonchev–Trinajstić information content (AvgIpc) is 2.92. The van der Waals surface area contributed by atoms with Crippen LogP contribution in [0.4, 0.5) is 5.82 Å². The van der Waals surface area contributed by atoms with Crippen LogP contribution < -0.4 is 15.4 Å². The van der Waals surface area contributed by atoms with Crippen LogP contribution in [0.1, 0.15) is 55.2 Å². The van der Waals surface area contributed by atoms with Gasteiger partial charge in [-0.25, -0.2) is 4.98 Å². The minimum Gasteiger partial charge on any atom is -0.497 e. The first-order chi connectivity index (χ1) is 18.0. The van der Waals surface area contributed by atoms with Crippen molar-refractivity contribution in [1.29, 1.82) is 0 Å². The summed E-state index contributed by atoms with van der Waals surface area (Å²) in [6.45, 7) is 4.02. The Morgan fingerprint density at radius 2 is 1.76 bits per heavy atom. The number of ketones is 1. The second kappa shape index (κ2) is 10.4. The highest BCUT2D eigenvalue weighted by Gasteiger charge is 2.41. The number of pyridine rings is 1. The summed E-state index contributed by atoms with van der Waals surface area (Å²) in [6.07, 6.45) is 3.65. The van der Waals surface area contributed by atoms with Crippen molar-refractivity contribution in [3.8, 4) is 5.75 Å². The summed E-state index contributed by atoms with van der Waals surface area (Å²) in [5.74, 6) is 0.682. The molecule has 6 nitrogen and oxygen atoms in total. The lowest BCUT2D eigenvalue weighted by atomic mass is 9.71. The molecule has 0 bridgehead atoms. The smallest absolute Gasteiger partial charge is 0.255 e. The molecule has 188 valence electrons. The van der Waals surface area contributed by atoms with Gasteiger partial charge in [0.15, 0.2) is 5.78 Å². The first-order valence-electron chi connectivity index (χ1n) is 12.7. The molecule has 0 fully saturated rings. The minimum atomic E-state index is -0.449. The second-order valence-electron chi connectivity index (χ2n) is 9.55. The Hall–Kier alpha value is -4.19. The third-order valence-corrected chi connectivity index (χ3v) is 7.29. The number of nitrogens with one attached hydrogen (secondary N) is 2. The van der Waals surface area contributed by atoms with Gasteiger partial charge in [-0.05, 0) is 66.6 Å². The highest BCUT2D eigenvalue weighted by molar-refractivity contribution is 6.09. The van der Waals surface area contributed by atoms with E-state index in [1.807, 2.05) is 49.4 Å². The summed E-state index contributed by atoms with van der Waals surface area (Å²) < 4.78 is 5.30. The number of allylic oxidation sites excluding steroid dienone is 3. The van der Waals surface area contributed by atoms with Crippen molar-refractivity contribution in [1.82, 2.24) is 10.3 Å². The van der Waals surface area contributed by atoms with Crippen LogP contribution in [0.3, 0.4) is 0 Å². The van der Waals surface area contributed by atoms with E-state index in [9.17, 15) is 9.59 Å². The number of hydrogen-bond acceptors (Lipinski definition) is 5. The van der Waals surface area contributed by atoms with Crippen LogP contribution in [0.15, 0.2) is 95.5 Å². The number of carbonyl (C=O) groups is 2. The van der Waals surface area contributed by atoms with Crippen LogP contribution >= 0.6 is 0 Å². The summed E-state index contributed by atoms with van der Waals surface area (Å²) >= 11 is 0. The summed E-state index contributed by atoms with van der Waals surface area (Å²) in [4.78, 5) is 31.7. The molecule has 0 saturated carbocycles. The van der Waals surface area contributed by atoms with Gasteiger partial charge >= 0.3 is 0 Å². The maximum atomic E-state index is 13.8. The number of methoxy groups -OCH3 is 1. The summed E-state index contributed by atoms with van der Waals surface area (Å²) in [6, 6.07) is 21.6. The summed E-state index contributed by atoms with van der Waals surface area (Å²) in [5, 5.41) is 6.37. The van der Waals surface area contributed by atoms with Crippen LogP contribution in [0.5, 0.6) is 5.75 Å². The van der Waals surface area contributed by atoms with Crippen LogP contribution in [0, 0.1) is 0 Å². The topological polar surface area (TPSA) is 80.3 Å². The zero-order valence-corrected chi connectivity index (χ0v) is 21.4. The van der Waals surface area contributed by atoms with Gasteiger partial charge in [0.1, 0.15) is 11.6 Å². The lowest BCUT2D eigenvalue weighted by Crippen LogP contribution is -2.37. The lowest BCUT2D eigenvalue weighted by molar-refractivity contribution is -0.116. The van der Waals surface area contributed by atoms with E-state index in [1.54, 1.807) is 25.4 Å². The summed E-state index contributed by atoms with van der Waals surface area (Å²) in [5.41, 5.74) is 6.13. The Kier molecular flexibility index (Phi) is 6.91. The highest BCUT2D eigenvalue weighted by atomic mass is 16.5. The number of amides is 1. The third-order valence-electron chi connectivity index (χ3n) is 7.29. The van der Waals surface area contributed by atoms with E-state index in [1.165, 1.54) is 5.56 Å². The number of benzene rings is 2. The zero-order chi connectivity index (χ0) is 25.9. The Bertz CT molecular complexity index is 1370. The molecule has 2 heterocycles. The molecule has 2 atom stereocenters. The van der Waals surface area contributed by atoms with Crippen molar-refractivity contribution in [2.45, 2.75) is 44.9 Å². The van der Waals surface area contributed by atoms with Gasteiger partial charge in [-0.2, -0.15) is 0 Å². The molecule has 2 aliphatic rings. The highest BCUT2D eigenvalue weighted by Crippen LogP contribution is 2.45. The fraction of sp³-hybridized carbons (Fsp3) is 0.258. The van der Waals surface area contributed by atoms with Crippen molar-refractivity contribution in [3.05, 3.63) is 112 Å². The number of aryl methyl sites for hydroxylation is 1. The number of Topliss-reactive ketones (excluding diaryl/α,β-unsaturated/α-hetero) is 1. The standard InChI is InChI=1S/C31H31N3O3/c1-4-20-8-10-22(11-9-20)29-28(31(36)34-27-7-5-6-16-32-27)19(2)33-25-17-23(18-26(35)30(25)29)21-12-14-24(37-3)15-13-21/h5-16,23,29,33H,4,17-18H2,1-3H3,(H,32,34,36). The molecule has 37 heavy (non-hydrogen) atoms. The molecule has 0 radical (unpaired) electrons. The first-order valence-corrected chi connectivity index (χ1v) is 12.7. The number of hydrogen-bond donors (Lipinski definition) is 2. The molecule has 2 aromatic carbocycles. The molecule has 1 amide bonds. The zero-order valence-electron chi connectivity index (χ0n) is 21.4. The third kappa shape index (κ3) is 4.92. The fourth-order valence-electron chi connectivity index (χ4n) is 5.35. The molecule has 1 aliphatic heterocycles. The number of aromatic nitrogens is 1. The van der Waals surface area contributed by atoms with Gasteiger partial charge in [-0.3, -0.25) is 9.59 Å². The summed E-state index contributed by atoms with van der Waals surface area (Å²) in [7, 11) is 1.64. The molecular weight excluding hydrogens is 462 g/mol. The fourth-order valence-corrected chi connectivity index (χ4v) is 5.35. The molecule has 3 aromatic rings. The number of nitrogens with zero attached hydrogens (tertiary/aromatic N) is 1. The van der Waals surface area contributed by atoms with E-state index in [-0.39, 0.29) is 17.6 Å². The number of anilines is 1. The normalized spacial score (nSPS) is 19.3. The molecule has 1 aliphatic carbocycles. The Morgan fingerprint density at radius 3 is 2.41 bits per heavy atom. The predicted octanol–water partition coefficient (Wildman–Crippen LogP) is 5.65. The Morgan fingerprint density at radius 1 is 1.03 bits per heavy atom. The molecule has 0 spiro atoms. The lowest BCUT2D eigenvalue weighted by Gasteiger charge is -2.37. The van der Waals surface area contributed by atoms with Gasteiger partial charge < -0.3 is 15.4 Å². The van der Waals surface area contributed by atoms with Gasteiger partial charge in [0.25, 0.3) is 5.91 Å². The van der Waals surface area contributed by atoms with E-state index in [4.69, 9.17) is 4.74 Å². The Labute approximate surface area is 217 Å². The first kappa shape index (κ1) is 24.5. The van der Waals surface area contributed by atoms with Gasteiger partial charge in [0.05, 0.1) is 7.11 Å². The molecule has 6 heteroatoms. The van der Waals surface area contributed by atoms with E-state index < -0.39 is 5.92 Å². The van der Waals surface area contributed by atoms with Crippen LogP contribution in [0.2, 0.25) is 0 Å². The maximum absolute atomic E-state index is 13.8. The molecule has 2 N–H and O–H groups in total. The Balaban J connectivity index is 1.54. The molecule has 1 aromatic heterocycles. The van der Waals surface area contributed by atoms with Crippen LogP contribution in [-0.4, -0.2) is 23.8 Å². The monoisotopic (exact) mass is 493 g/mol. The van der Waals surface area contributed by atoms with E-state index in [2.05, 4.69) is 34.7 Å². The number of rotatable bonds is 6. The van der Waals surface area contributed by atoms with Gasteiger partial charge in [-0.15, -0.1) is 0 Å². The van der Waals surface area contributed by atoms with Gasteiger partial charge in [0, 0.05) is 41.1 Å². The SMILES string of the molecule is CCc1ccc(C2C(C(=O)Nc3ccccn3)=C(C)NC3=C2C(=O)CC(c2ccc(OC)cc2)C3)cc1. The molecule has 5 rings (SSSR count). The quantitative estimate of drug-likeness (QED) is 0.464. The van der Waals surface area contributed by atoms with E-state index in [0.717, 1.165) is 34.7 Å². The predicted molar refractivity (Wildman–Crippen MR) is 144 cm³/mol. The molecule has 2 unspecified atom stereocenters. The van der Waals surface area contributed by atoms with Crippen molar-refractivity contribution in [2.24, 2.45) is 0 Å². The average molecular weight is 494 g/mol. The molecular formula is C31H31N3O3. The van der Waals surface area contributed by atoms with Crippen molar-refractivity contribution in [2.75, 3.05) is 12.4 Å². The van der Waals surface area contributed by atoms with E-state index in [0.29, 0.717) is 29.8 Å². The molecule has 0 saturated heterocycles. The van der Waals surface area contributed by atoms with Crippen LogP contribution in [0.25, 0.3) is 0 Å². The maximum Gasteiger partial charge on any atom is 0.255 e. The van der Waals surface area contributed by atoms with Gasteiger partial charge in [0.2, 0.25) is 0 Å².